The fourth-order valence-corrected chi connectivity index (χ4v) is 3.77. The number of nitrogens with one attached hydrogen (secondary N) is 1. The molecule has 0 bridgehead atoms. The van der Waals surface area contributed by atoms with Crippen molar-refractivity contribution >= 4 is 5.91 Å². The number of carbonyl (C=O) groups excluding carboxylic acids is 1. The highest BCUT2D eigenvalue weighted by Gasteiger charge is 2.12. The topological polar surface area (TPSA) is 32.3 Å². The van der Waals surface area contributed by atoms with Crippen molar-refractivity contribution < 1.29 is 4.79 Å². The zero-order valence-corrected chi connectivity index (χ0v) is 19.3. The molecule has 0 aliphatic carbocycles. The lowest BCUT2D eigenvalue weighted by Crippen LogP contribution is -2.45. The van der Waals surface area contributed by atoms with E-state index < -0.39 is 0 Å². The SMILES string of the molecule is CCN(CC)C(C)NC(=O)CCCCCCCCCCCCCCC(C)C. The monoisotopic (exact) mass is 382 g/mol. The first-order chi connectivity index (χ1) is 13.0. The number of unbranched alkanes of at least 4 members (excludes halogenated alkanes) is 11. The molecule has 0 saturated heterocycles. The van der Waals surface area contributed by atoms with Crippen LogP contribution in [0.2, 0.25) is 0 Å². The Morgan fingerprint density at radius 3 is 1.52 bits per heavy atom. The first-order valence-corrected chi connectivity index (χ1v) is 12.0. The summed E-state index contributed by atoms with van der Waals surface area (Å²) < 4.78 is 0. The summed E-state index contributed by atoms with van der Waals surface area (Å²) in [6.45, 7) is 13.0. The van der Waals surface area contributed by atoms with Crippen LogP contribution in [0.5, 0.6) is 0 Å². The highest BCUT2D eigenvalue weighted by atomic mass is 16.1. The van der Waals surface area contributed by atoms with E-state index in [0.717, 1.165) is 25.4 Å². The molecule has 0 aromatic carbocycles. The van der Waals surface area contributed by atoms with Crippen LogP contribution in [0.3, 0.4) is 0 Å². The molecule has 0 saturated carbocycles. The van der Waals surface area contributed by atoms with E-state index in [0.29, 0.717) is 6.42 Å². The summed E-state index contributed by atoms with van der Waals surface area (Å²) in [5.41, 5.74) is 0. The van der Waals surface area contributed by atoms with Gasteiger partial charge in [-0.15, -0.1) is 0 Å². The van der Waals surface area contributed by atoms with Gasteiger partial charge in [-0.2, -0.15) is 0 Å². The molecule has 162 valence electrons. The summed E-state index contributed by atoms with van der Waals surface area (Å²) in [6.07, 6.45) is 18.4. The number of hydrogen-bond donors (Lipinski definition) is 1. The number of hydrogen-bond acceptors (Lipinski definition) is 2. The van der Waals surface area contributed by atoms with E-state index >= 15 is 0 Å². The molecule has 3 heteroatoms. The summed E-state index contributed by atoms with van der Waals surface area (Å²) in [7, 11) is 0. The van der Waals surface area contributed by atoms with Crippen LogP contribution in [0.4, 0.5) is 0 Å². The summed E-state index contributed by atoms with van der Waals surface area (Å²) in [5.74, 6) is 1.08. The summed E-state index contributed by atoms with van der Waals surface area (Å²) in [5, 5.41) is 3.12. The minimum atomic E-state index is 0.155. The van der Waals surface area contributed by atoms with Crippen molar-refractivity contribution in [1.82, 2.24) is 10.2 Å². The standard InChI is InChI=1S/C24H50N2O/c1-6-26(7-2)23(5)25-24(27)21-19-17-15-13-11-9-8-10-12-14-16-18-20-22(3)4/h22-23H,6-21H2,1-5H3,(H,25,27). The number of amides is 1. The molecule has 0 fully saturated rings. The van der Waals surface area contributed by atoms with Crippen LogP contribution in [-0.4, -0.2) is 30.1 Å². The predicted octanol–water partition coefficient (Wildman–Crippen LogP) is 6.91. The Morgan fingerprint density at radius 2 is 1.11 bits per heavy atom. The zero-order valence-electron chi connectivity index (χ0n) is 19.3. The average Bonchev–Trinajstić information content (AvgIpc) is 2.62. The molecule has 1 amide bonds. The first kappa shape index (κ1) is 26.4. The Balaban J connectivity index is 3.32. The van der Waals surface area contributed by atoms with Crippen molar-refractivity contribution in [2.24, 2.45) is 5.92 Å². The Morgan fingerprint density at radius 1 is 0.704 bits per heavy atom. The van der Waals surface area contributed by atoms with E-state index in [1.807, 2.05) is 0 Å². The quantitative estimate of drug-likeness (QED) is 0.194. The van der Waals surface area contributed by atoms with Crippen molar-refractivity contribution in [3.8, 4) is 0 Å². The van der Waals surface area contributed by atoms with Gasteiger partial charge >= 0.3 is 0 Å². The molecule has 0 rings (SSSR count). The van der Waals surface area contributed by atoms with Gasteiger partial charge in [0.05, 0.1) is 6.17 Å². The second-order valence-electron chi connectivity index (χ2n) is 8.64. The molecule has 1 N–H and O–H groups in total. The van der Waals surface area contributed by atoms with E-state index in [-0.39, 0.29) is 12.1 Å². The number of nitrogens with zero attached hydrogens (tertiary/aromatic N) is 1. The Labute approximate surface area is 171 Å². The third-order valence-corrected chi connectivity index (χ3v) is 5.67. The van der Waals surface area contributed by atoms with Crippen LogP contribution in [0, 0.1) is 5.92 Å². The Kier molecular flexibility index (Phi) is 18.4. The van der Waals surface area contributed by atoms with Crippen LogP contribution in [-0.2, 0) is 4.79 Å². The Bertz CT molecular complexity index is 326. The third kappa shape index (κ3) is 17.3. The molecule has 1 unspecified atom stereocenters. The minimum Gasteiger partial charge on any atom is -0.341 e. The molecule has 27 heavy (non-hydrogen) atoms. The minimum absolute atomic E-state index is 0.155. The van der Waals surface area contributed by atoms with Crippen LogP contribution in [0.1, 0.15) is 125 Å². The highest BCUT2D eigenvalue weighted by molar-refractivity contribution is 5.76. The number of rotatable bonds is 19. The lowest BCUT2D eigenvalue weighted by atomic mass is 10.0. The van der Waals surface area contributed by atoms with Crippen molar-refractivity contribution in [2.75, 3.05) is 13.1 Å². The predicted molar refractivity (Wildman–Crippen MR) is 120 cm³/mol. The molecule has 1 atom stereocenters. The van der Waals surface area contributed by atoms with Gasteiger partial charge in [-0.3, -0.25) is 9.69 Å². The maximum Gasteiger partial charge on any atom is 0.221 e. The average molecular weight is 383 g/mol. The molecule has 0 aliphatic heterocycles. The zero-order chi connectivity index (χ0) is 20.3. The molecule has 0 aromatic heterocycles. The fraction of sp³-hybridized carbons (Fsp3) is 0.958. The summed E-state index contributed by atoms with van der Waals surface area (Å²) in [4.78, 5) is 14.3. The maximum atomic E-state index is 12.0. The van der Waals surface area contributed by atoms with E-state index in [1.54, 1.807) is 0 Å². The van der Waals surface area contributed by atoms with Crippen molar-refractivity contribution in [3.05, 3.63) is 0 Å². The van der Waals surface area contributed by atoms with Crippen molar-refractivity contribution in [2.45, 2.75) is 131 Å². The van der Waals surface area contributed by atoms with Gasteiger partial charge in [0.1, 0.15) is 0 Å². The Hall–Kier alpha value is -0.570. The van der Waals surface area contributed by atoms with Gasteiger partial charge in [0, 0.05) is 6.42 Å². The second-order valence-corrected chi connectivity index (χ2v) is 8.64. The molecule has 0 spiro atoms. The molecule has 0 aliphatic rings. The molecule has 0 radical (unpaired) electrons. The first-order valence-electron chi connectivity index (χ1n) is 12.0. The molecule has 3 nitrogen and oxygen atoms in total. The molecule has 0 heterocycles. The van der Waals surface area contributed by atoms with Crippen molar-refractivity contribution in [3.63, 3.8) is 0 Å². The van der Waals surface area contributed by atoms with Gasteiger partial charge < -0.3 is 5.32 Å². The van der Waals surface area contributed by atoms with Crippen LogP contribution in [0.15, 0.2) is 0 Å². The van der Waals surface area contributed by atoms with Crippen molar-refractivity contribution in [1.29, 1.82) is 0 Å². The second kappa shape index (κ2) is 18.8. The summed E-state index contributed by atoms with van der Waals surface area (Å²) >= 11 is 0. The van der Waals surface area contributed by atoms with Crippen LogP contribution >= 0.6 is 0 Å². The largest absolute Gasteiger partial charge is 0.341 e. The van der Waals surface area contributed by atoms with Gasteiger partial charge in [-0.1, -0.05) is 105 Å². The molecule has 0 aromatic rings. The lowest BCUT2D eigenvalue weighted by molar-refractivity contribution is -0.123. The van der Waals surface area contributed by atoms with E-state index in [2.05, 4.69) is 44.8 Å². The van der Waals surface area contributed by atoms with Gasteiger partial charge in [-0.05, 0) is 32.4 Å². The highest BCUT2D eigenvalue weighted by Crippen LogP contribution is 2.14. The third-order valence-electron chi connectivity index (χ3n) is 5.67. The van der Waals surface area contributed by atoms with Gasteiger partial charge in [0.25, 0.3) is 0 Å². The fourth-order valence-electron chi connectivity index (χ4n) is 3.77. The maximum absolute atomic E-state index is 12.0. The van der Waals surface area contributed by atoms with Gasteiger partial charge in [-0.25, -0.2) is 0 Å². The smallest absolute Gasteiger partial charge is 0.221 e. The normalized spacial score (nSPS) is 12.7. The number of carbonyl (C=O) groups is 1. The molecular formula is C24H50N2O. The lowest BCUT2D eigenvalue weighted by Gasteiger charge is -2.27. The van der Waals surface area contributed by atoms with Gasteiger partial charge in [0.15, 0.2) is 0 Å². The van der Waals surface area contributed by atoms with E-state index in [1.165, 1.54) is 77.0 Å². The van der Waals surface area contributed by atoms with Gasteiger partial charge in [0.2, 0.25) is 5.91 Å². The van der Waals surface area contributed by atoms with Crippen LogP contribution in [0.25, 0.3) is 0 Å². The van der Waals surface area contributed by atoms with E-state index in [9.17, 15) is 4.79 Å². The molecular weight excluding hydrogens is 332 g/mol. The summed E-state index contributed by atoms with van der Waals surface area (Å²) in [6, 6.07) is 0. The van der Waals surface area contributed by atoms with E-state index in [4.69, 9.17) is 0 Å². The van der Waals surface area contributed by atoms with Crippen LogP contribution < -0.4 is 5.32 Å².